The molecule has 2 aromatic carbocycles. The zero-order chi connectivity index (χ0) is 18.6. The van der Waals surface area contributed by atoms with Crippen LogP contribution in [0, 0.1) is 0 Å². The van der Waals surface area contributed by atoms with E-state index in [4.69, 9.17) is 4.74 Å². The molecule has 1 amide bonds. The number of ether oxygens (including phenoxy) is 1. The number of nitrogens with one attached hydrogen (secondary N) is 1. The number of carbonyl (C=O) groups is 1. The molecule has 0 aliphatic carbocycles. The van der Waals surface area contributed by atoms with Gasteiger partial charge in [0.1, 0.15) is 12.4 Å². The lowest BCUT2D eigenvalue weighted by Crippen LogP contribution is -2.31. The molecule has 2 heterocycles. The van der Waals surface area contributed by atoms with Crippen LogP contribution in [0.1, 0.15) is 30.3 Å². The number of nitrogens with zero attached hydrogens (tertiary/aromatic N) is 2. The Bertz CT molecular complexity index is 909. The highest BCUT2D eigenvalue weighted by Crippen LogP contribution is 2.32. The summed E-state index contributed by atoms with van der Waals surface area (Å²) in [6, 6.07) is 17.7. The van der Waals surface area contributed by atoms with Gasteiger partial charge in [0.2, 0.25) is 0 Å². The molecule has 0 saturated carbocycles. The first-order valence-electron chi connectivity index (χ1n) is 8.99. The van der Waals surface area contributed by atoms with Crippen LogP contribution in [0.25, 0.3) is 11.3 Å². The first-order valence-corrected chi connectivity index (χ1v) is 9.78. The molecule has 3 aromatic rings. The van der Waals surface area contributed by atoms with Crippen molar-refractivity contribution >= 4 is 22.0 Å². The van der Waals surface area contributed by atoms with Crippen molar-refractivity contribution < 1.29 is 9.53 Å². The van der Waals surface area contributed by atoms with Gasteiger partial charge < -0.3 is 9.72 Å². The molecule has 1 N–H and O–H groups in total. The Hall–Kier alpha value is -2.60. The molecule has 4 rings (SSSR count). The van der Waals surface area contributed by atoms with Gasteiger partial charge in [0.15, 0.2) is 0 Å². The van der Waals surface area contributed by atoms with Gasteiger partial charge in [-0.25, -0.2) is 9.78 Å². The second kappa shape index (κ2) is 7.96. The SMILES string of the molecule is O=C(OCc1ccccc1)N1CCC[C@@H]1c1ncc(-c2ccc(Br)cc2)[nH]1. The molecular weight excluding hydrogens is 406 g/mol. The topological polar surface area (TPSA) is 58.2 Å². The van der Waals surface area contributed by atoms with Gasteiger partial charge in [0.05, 0.1) is 17.9 Å². The summed E-state index contributed by atoms with van der Waals surface area (Å²) in [6.07, 6.45) is 3.36. The molecular formula is C21H20BrN3O2. The Balaban J connectivity index is 1.45. The van der Waals surface area contributed by atoms with Gasteiger partial charge in [-0.05, 0) is 36.1 Å². The number of H-pyrrole nitrogens is 1. The van der Waals surface area contributed by atoms with Crippen LogP contribution < -0.4 is 0 Å². The number of imidazole rings is 1. The minimum absolute atomic E-state index is 0.0718. The van der Waals surface area contributed by atoms with Gasteiger partial charge in [0, 0.05) is 11.0 Å². The standard InChI is InChI=1S/C21H20BrN3O2/c22-17-10-8-16(9-11-17)18-13-23-20(24-18)19-7-4-12-25(19)21(26)27-14-15-5-2-1-3-6-15/h1-3,5-6,8-11,13,19H,4,7,12,14H2,(H,23,24)/t19-/m1/s1. The lowest BCUT2D eigenvalue weighted by molar-refractivity contribution is 0.0910. The Morgan fingerprint density at radius 1 is 1.19 bits per heavy atom. The van der Waals surface area contributed by atoms with Crippen LogP contribution in [0.3, 0.4) is 0 Å². The van der Waals surface area contributed by atoms with E-state index in [0.29, 0.717) is 6.54 Å². The van der Waals surface area contributed by atoms with Gasteiger partial charge in [-0.3, -0.25) is 4.90 Å². The first kappa shape index (κ1) is 17.8. The molecule has 0 bridgehead atoms. The van der Waals surface area contributed by atoms with Crippen molar-refractivity contribution in [3.8, 4) is 11.3 Å². The summed E-state index contributed by atoms with van der Waals surface area (Å²) in [5, 5.41) is 0. The fraction of sp³-hybridized carbons (Fsp3) is 0.238. The van der Waals surface area contributed by atoms with Gasteiger partial charge >= 0.3 is 6.09 Å². The number of hydrogen-bond acceptors (Lipinski definition) is 3. The van der Waals surface area contributed by atoms with Gasteiger partial charge in [-0.2, -0.15) is 0 Å². The molecule has 1 fully saturated rings. The predicted octanol–water partition coefficient (Wildman–Crippen LogP) is 5.31. The largest absolute Gasteiger partial charge is 0.445 e. The van der Waals surface area contributed by atoms with E-state index < -0.39 is 0 Å². The lowest BCUT2D eigenvalue weighted by atomic mass is 10.2. The molecule has 1 aliphatic rings. The number of amides is 1. The van der Waals surface area contributed by atoms with Crippen molar-refractivity contribution in [3.05, 3.63) is 76.7 Å². The molecule has 27 heavy (non-hydrogen) atoms. The number of halogens is 1. The van der Waals surface area contributed by atoms with Crippen LogP contribution in [0.5, 0.6) is 0 Å². The second-order valence-corrected chi connectivity index (χ2v) is 7.50. The van der Waals surface area contributed by atoms with E-state index >= 15 is 0 Å². The highest BCUT2D eigenvalue weighted by molar-refractivity contribution is 9.10. The molecule has 1 aliphatic heterocycles. The van der Waals surface area contributed by atoms with Gasteiger partial charge in [-0.1, -0.05) is 58.4 Å². The third-order valence-electron chi connectivity index (χ3n) is 4.76. The Labute approximate surface area is 166 Å². The summed E-state index contributed by atoms with van der Waals surface area (Å²) in [7, 11) is 0. The molecule has 0 radical (unpaired) electrons. The van der Waals surface area contributed by atoms with E-state index in [9.17, 15) is 4.79 Å². The molecule has 0 unspecified atom stereocenters. The Morgan fingerprint density at radius 2 is 1.96 bits per heavy atom. The van der Waals surface area contributed by atoms with Crippen molar-refractivity contribution in [1.29, 1.82) is 0 Å². The number of benzene rings is 2. The summed E-state index contributed by atoms with van der Waals surface area (Å²) in [5.74, 6) is 0.807. The Kier molecular flexibility index (Phi) is 5.25. The van der Waals surface area contributed by atoms with Gasteiger partial charge in [-0.15, -0.1) is 0 Å². The molecule has 1 aromatic heterocycles. The summed E-state index contributed by atoms with van der Waals surface area (Å²) in [5.41, 5.74) is 2.99. The monoisotopic (exact) mass is 425 g/mol. The quantitative estimate of drug-likeness (QED) is 0.615. The van der Waals surface area contributed by atoms with Crippen molar-refractivity contribution in [1.82, 2.24) is 14.9 Å². The highest BCUT2D eigenvalue weighted by atomic mass is 79.9. The summed E-state index contributed by atoms with van der Waals surface area (Å²) in [6.45, 7) is 0.970. The predicted molar refractivity (Wildman–Crippen MR) is 107 cm³/mol. The number of hydrogen-bond donors (Lipinski definition) is 1. The fourth-order valence-electron chi connectivity index (χ4n) is 3.35. The average molecular weight is 426 g/mol. The smallest absolute Gasteiger partial charge is 0.410 e. The van der Waals surface area contributed by atoms with E-state index in [1.807, 2.05) is 60.8 Å². The van der Waals surface area contributed by atoms with Crippen LogP contribution in [-0.2, 0) is 11.3 Å². The number of aromatic amines is 1. The zero-order valence-electron chi connectivity index (χ0n) is 14.8. The van der Waals surface area contributed by atoms with Gasteiger partial charge in [0.25, 0.3) is 0 Å². The van der Waals surface area contributed by atoms with E-state index in [2.05, 4.69) is 25.9 Å². The van der Waals surface area contributed by atoms with Crippen molar-refractivity contribution in [2.45, 2.75) is 25.5 Å². The van der Waals surface area contributed by atoms with Crippen LogP contribution in [0.2, 0.25) is 0 Å². The molecule has 5 nitrogen and oxygen atoms in total. The highest BCUT2D eigenvalue weighted by Gasteiger charge is 2.33. The number of rotatable bonds is 4. The van der Waals surface area contributed by atoms with Crippen molar-refractivity contribution in [3.63, 3.8) is 0 Å². The third kappa shape index (κ3) is 4.06. The number of likely N-dealkylation sites (tertiary alicyclic amines) is 1. The third-order valence-corrected chi connectivity index (χ3v) is 5.29. The van der Waals surface area contributed by atoms with Crippen LogP contribution in [0.4, 0.5) is 4.79 Å². The van der Waals surface area contributed by atoms with E-state index in [1.54, 1.807) is 4.90 Å². The van der Waals surface area contributed by atoms with Crippen LogP contribution in [0.15, 0.2) is 65.3 Å². The minimum Gasteiger partial charge on any atom is -0.445 e. The molecule has 1 saturated heterocycles. The average Bonchev–Trinajstić information content (AvgIpc) is 3.37. The maximum absolute atomic E-state index is 12.6. The van der Waals surface area contributed by atoms with Crippen molar-refractivity contribution in [2.24, 2.45) is 0 Å². The van der Waals surface area contributed by atoms with E-state index in [0.717, 1.165) is 40.0 Å². The number of aromatic nitrogens is 2. The molecule has 6 heteroatoms. The van der Waals surface area contributed by atoms with Crippen LogP contribution in [-0.4, -0.2) is 27.5 Å². The second-order valence-electron chi connectivity index (χ2n) is 6.58. The first-order chi connectivity index (χ1) is 13.2. The summed E-state index contributed by atoms with van der Waals surface area (Å²) < 4.78 is 6.54. The lowest BCUT2D eigenvalue weighted by Gasteiger charge is -2.22. The van der Waals surface area contributed by atoms with Crippen molar-refractivity contribution in [2.75, 3.05) is 6.54 Å². The zero-order valence-corrected chi connectivity index (χ0v) is 16.4. The minimum atomic E-state index is -0.289. The maximum atomic E-state index is 12.6. The maximum Gasteiger partial charge on any atom is 0.410 e. The van der Waals surface area contributed by atoms with E-state index in [1.165, 1.54) is 0 Å². The molecule has 138 valence electrons. The van der Waals surface area contributed by atoms with E-state index in [-0.39, 0.29) is 18.7 Å². The summed E-state index contributed by atoms with van der Waals surface area (Å²) >= 11 is 3.45. The number of carbonyl (C=O) groups excluding carboxylic acids is 1. The molecule has 1 atom stereocenters. The van der Waals surface area contributed by atoms with Crippen LogP contribution >= 0.6 is 15.9 Å². The molecule has 0 spiro atoms. The fourth-order valence-corrected chi connectivity index (χ4v) is 3.62. The normalized spacial score (nSPS) is 16.5. The summed E-state index contributed by atoms with van der Waals surface area (Å²) in [4.78, 5) is 22.2. The Morgan fingerprint density at radius 3 is 2.74 bits per heavy atom.